The normalized spacial score (nSPS) is 13.0. The van der Waals surface area contributed by atoms with Crippen molar-refractivity contribution >= 4 is 45.2 Å². The molecule has 0 aliphatic carbocycles. The number of hydrogen-bond donors (Lipinski definition) is 3. The first-order valence-electron chi connectivity index (χ1n) is 6.06. The molecular weight excluding hydrogens is 324 g/mol. The second kappa shape index (κ2) is 6.27. The van der Waals surface area contributed by atoms with Crippen molar-refractivity contribution < 1.29 is 13.0 Å². The van der Waals surface area contributed by atoms with E-state index in [2.05, 4.69) is 25.3 Å². The highest BCUT2D eigenvalue weighted by molar-refractivity contribution is 7.96. The standard InChI is InChI=1S/C15H14O3S3/c1-10-2-4-11(5-3-10)14(19)15(20)12-6-8-13(9-7-12)21(16,17)18/h2-9,19-20H,1H3,(H,16,17,18). The van der Waals surface area contributed by atoms with Crippen LogP contribution in [0.3, 0.4) is 0 Å². The molecule has 6 heteroatoms. The Labute approximate surface area is 135 Å². The van der Waals surface area contributed by atoms with Gasteiger partial charge in [0.25, 0.3) is 10.1 Å². The zero-order valence-electron chi connectivity index (χ0n) is 11.2. The van der Waals surface area contributed by atoms with E-state index in [1.807, 2.05) is 31.2 Å². The van der Waals surface area contributed by atoms with E-state index in [1.165, 1.54) is 12.1 Å². The first kappa shape index (κ1) is 16.2. The Morgan fingerprint density at radius 3 is 1.62 bits per heavy atom. The molecule has 0 aliphatic heterocycles. The second-order valence-electron chi connectivity index (χ2n) is 4.56. The van der Waals surface area contributed by atoms with Gasteiger partial charge in [-0.2, -0.15) is 8.42 Å². The summed E-state index contributed by atoms with van der Waals surface area (Å²) in [5.41, 5.74) is 2.79. The van der Waals surface area contributed by atoms with Crippen LogP contribution in [0.4, 0.5) is 0 Å². The minimum absolute atomic E-state index is 0.150. The lowest BCUT2D eigenvalue weighted by Crippen LogP contribution is -1.97. The number of hydrogen-bond acceptors (Lipinski definition) is 4. The minimum atomic E-state index is -4.18. The maximum absolute atomic E-state index is 11.0. The van der Waals surface area contributed by atoms with Gasteiger partial charge in [0, 0.05) is 9.81 Å². The van der Waals surface area contributed by atoms with Gasteiger partial charge in [-0.25, -0.2) is 0 Å². The van der Waals surface area contributed by atoms with Crippen LogP contribution in [-0.4, -0.2) is 13.0 Å². The fourth-order valence-electron chi connectivity index (χ4n) is 1.77. The van der Waals surface area contributed by atoms with E-state index in [9.17, 15) is 8.42 Å². The molecule has 0 saturated carbocycles. The number of benzene rings is 2. The molecule has 0 spiro atoms. The molecule has 0 saturated heterocycles. The summed E-state index contributed by atoms with van der Waals surface area (Å²) >= 11 is 8.93. The first-order chi connectivity index (χ1) is 9.79. The summed E-state index contributed by atoms with van der Waals surface area (Å²) in [5, 5.41) is 0. The Hall–Kier alpha value is -1.21. The molecule has 2 rings (SSSR count). The molecule has 0 heterocycles. The van der Waals surface area contributed by atoms with E-state index < -0.39 is 10.1 Å². The quantitative estimate of drug-likeness (QED) is 0.451. The van der Waals surface area contributed by atoms with Crippen LogP contribution in [0, 0.1) is 6.92 Å². The summed E-state index contributed by atoms with van der Waals surface area (Å²) < 4.78 is 31.0. The lowest BCUT2D eigenvalue weighted by Gasteiger charge is -2.08. The molecule has 1 N–H and O–H groups in total. The van der Waals surface area contributed by atoms with Crippen LogP contribution in [0.1, 0.15) is 16.7 Å². The predicted octanol–water partition coefficient (Wildman–Crippen LogP) is 3.93. The van der Waals surface area contributed by atoms with Gasteiger partial charge in [0.2, 0.25) is 0 Å². The third-order valence-electron chi connectivity index (χ3n) is 2.97. The summed E-state index contributed by atoms with van der Waals surface area (Å²) in [6.07, 6.45) is 0. The molecule has 0 aromatic heterocycles. The lowest BCUT2D eigenvalue weighted by atomic mass is 10.1. The third-order valence-corrected chi connectivity index (χ3v) is 4.98. The third kappa shape index (κ3) is 3.91. The summed E-state index contributed by atoms with van der Waals surface area (Å²) in [7, 11) is -4.18. The van der Waals surface area contributed by atoms with Crippen molar-refractivity contribution in [3.63, 3.8) is 0 Å². The van der Waals surface area contributed by atoms with Crippen LogP contribution >= 0.6 is 25.3 Å². The number of thiol groups is 2. The summed E-state index contributed by atoms with van der Waals surface area (Å²) in [4.78, 5) is 1.17. The predicted molar refractivity (Wildman–Crippen MR) is 92.2 cm³/mol. The van der Waals surface area contributed by atoms with Gasteiger partial charge in [-0.15, -0.1) is 25.3 Å². The van der Waals surface area contributed by atoms with E-state index in [0.29, 0.717) is 9.81 Å². The molecular formula is C15H14O3S3. The van der Waals surface area contributed by atoms with E-state index in [1.54, 1.807) is 12.1 Å². The van der Waals surface area contributed by atoms with Gasteiger partial charge in [-0.1, -0.05) is 42.0 Å². The minimum Gasteiger partial charge on any atom is -0.282 e. The molecule has 0 aliphatic rings. The molecule has 0 unspecified atom stereocenters. The van der Waals surface area contributed by atoms with Crippen molar-refractivity contribution in [2.24, 2.45) is 0 Å². The van der Waals surface area contributed by atoms with Crippen LogP contribution in [0.5, 0.6) is 0 Å². The summed E-state index contributed by atoms with van der Waals surface area (Å²) in [5.74, 6) is 0. The number of aryl methyl sites for hydroxylation is 1. The monoisotopic (exact) mass is 338 g/mol. The highest BCUT2D eigenvalue weighted by Gasteiger charge is 2.10. The Balaban J connectivity index is 2.40. The molecule has 110 valence electrons. The topological polar surface area (TPSA) is 54.4 Å². The van der Waals surface area contributed by atoms with Crippen molar-refractivity contribution in [3.8, 4) is 0 Å². The van der Waals surface area contributed by atoms with Crippen LogP contribution < -0.4 is 0 Å². The van der Waals surface area contributed by atoms with E-state index >= 15 is 0 Å². The molecule has 0 bridgehead atoms. The molecule has 0 radical (unpaired) electrons. The molecule has 21 heavy (non-hydrogen) atoms. The first-order valence-corrected chi connectivity index (χ1v) is 8.39. The van der Waals surface area contributed by atoms with E-state index in [4.69, 9.17) is 4.55 Å². The van der Waals surface area contributed by atoms with Gasteiger partial charge in [-0.05, 0) is 30.2 Å². The zero-order chi connectivity index (χ0) is 15.6. The van der Waals surface area contributed by atoms with Gasteiger partial charge in [0.1, 0.15) is 0 Å². The smallest absolute Gasteiger partial charge is 0.282 e. The lowest BCUT2D eigenvalue weighted by molar-refractivity contribution is 0.483. The van der Waals surface area contributed by atoms with Gasteiger partial charge in [0.05, 0.1) is 4.90 Å². The molecule has 2 aromatic rings. The molecule has 0 atom stereocenters. The SMILES string of the molecule is Cc1ccc(C(S)=C(S)c2ccc(S(=O)(=O)O)cc2)cc1. The van der Waals surface area contributed by atoms with E-state index in [-0.39, 0.29) is 4.90 Å². The Morgan fingerprint density at radius 1 is 0.857 bits per heavy atom. The zero-order valence-corrected chi connectivity index (χ0v) is 13.8. The maximum Gasteiger partial charge on any atom is 0.294 e. The molecule has 2 aromatic carbocycles. The molecule has 0 amide bonds. The highest BCUT2D eigenvalue weighted by Crippen LogP contribution is 2.32. The van der Waals surface area contributed by atoms with Gasteiger partial charge >= 0.3 is 0 Å². The average Bonchev–Trinajstić information content (AvgIpc) is 2.46. The van der Waals surface area contributed by atoms with Crippen molar-refractivity contribution in [1.29, 1.82) is 0 Å². The fraction of sp³-hybridized carbons (Fsp3) is 0.0667. The van der Waals surface area contributed by atoms with Crippen LogP contribution in [-0.2, 0) is 10.1 Å². The Bertz CT molecular complexity index is 774. The van der Waals surface area contributed by atoms with Gasteiger partial charge in [0.15, 0.2) is 0 Å². The van der Waals surface area contributed by atoms with Crippen LogP contribution in [0.15, 0.2) is 53.4 Å². The Morgan fingerprint density at radius 2 is 1.24 bits per heavy atom. The van der Waals surface area contributed by atoms with Crippen molar-refractivity contribution in [2.75, 3.05) is 0 Å². The Kier molecular flexibility index (Phi) is 4.83. The summed E-state index contributed by atoms with van der Waals surface area (Å²) in [6, 6.07) is 13.7. The van der Waals surface area contributed by atoms with Crippen molar-refractivity contribution in [3.05, 3.63) is 65.2 Å². The molecule has 0 fully saturated rings. The average molecular weight is 338 g/mol. The fourth-order valence-corrected chi connectivity index (χ4v) is 2.81. The van der Waals surface area contributed by atoms with E-state index in [0.717, 1.165) is 16.7 Å². The number of rotatable bonds is 3. The largest absolute Gasteiger partial charge is 0.294 e. The maximum atomic E-state index is 11.0. The second-order valence-corrected chi connectivity index (χ2v) is 6.88. The van der Waals surface area contributed by atoms with Gasteiger partial charge in [-0.3, -0.25) is 4.55 Å². The van der Waals surface area contributed by atoms with Crippen LogP contribution in [0.2, 0.25) is 0 Å². The summed E-state index contributed by atoms with van der Waals surface area (Å²) in [6.45, 7) is 2.00. The van der Waals surface area contributed by atoms with Crippen molar-refractivity contribution in [1.82, 2.24) is 0 Å². The van der Waals surface area contributed by atoms with Crippen molar-refractivity contribution in [2.45, 2.75) is 11.8 Å². The highest BCUT2D eigenvalue weighted by atomic mass is 32.2. The molecule has 3 nitrogen and oxygen atoms in total. The van der Waals surface area contributed by atoms with Crippen LogP contribution in [0.25, 0.3) is 9.81 Å². The van der Waals surface area contributed by atoms with Gasteiger partial charge < -0.3 is 0 Å².